The minimum Gasteiger partial charge on any atom is -0.319 e. The third-order valence-corrected chi connectivity index (χ3v) is 1.93. The van der Waals surface area contributed by atoms with E-state index in [4.69, 9.17) is 0 Å². The van der Waals surface area contributed by atoms with Gasteiger partial charge in [-0.3, -0.25) is 9.59 Å². The molecule has 0 radical (unpaired) electrons. The van der Waals surface area contributed by atoms with E-state index >= 15 is 0 Å². The SMILES string of the molecule is Cc1c(N=CNC=O)ccc(=O)n1C. The number of carbonyl (C=O) groups excluding carboxylic acids is 1. The lowest BCUT2D eigenvalue weighted by Gasteiger charge is -2.04. The van der Waals surface area contributed by atoms with E-state index in [-0.39, 0.29) is 5.56 Å². The molecule has 0 aliphatic carbocycles. The van der Waals surface area contributed by atoms with E-state index < -0.39 is 0 Å². The minimum absolute atomic E-state index is 0.0789. The number of nitrogens with one attached hydrogen (secondary N) is 1. The second-order valence-electron chi connectivity index (χ2n) is 2.74. The Balaban J connectivity index is 3.05. The molecule has 1 N–H and O–H groups in total. The zero-order chi connectivity index (χ0) is 10.6. The van der Waals surface area contributed by atoms with Crippen LogP contribution in [-0.2, 0) is 11.8 Å². The maximum Gasteiger partial charge on any atom is 0.250 e. The lowest BCUT2D eigenvalue weighted by molar-refractivity contribution is -0.108. The van der Waals surface area contributed by atoms with Gasteiger partial charge in [0.15, 0.2) is 0 Å². The van der Waals surface area contributed by atoms with Crippen molar-refractivity contribution in [1.82, 2.24) is 9.88 Å². The summed E-state index contributed by atoms with van der Waals surface area (Å²) in [5.41, 5.74) is 1.33. The summed E-state index contributed by atoms with van der Waals surface area (Å²) < 4.78 is 1.49. The Morgan fingerprint density at radius 3 is 2.86 bits per heavy atom. The van der Waals surface area contributed by atoms with Crippen LogP contribution in [0.5, 0.6) is 0 Å². The highest BCUT2D eigenvalue weighted by atomic mass is 16.1. The van der Waals surface area contributed by atoms with Gasteiger partial charge < -0.3 is 9.88 Å². The van der Waals surface area contributed by atoms with Crippen molar-refractivity contribution in [2.45, 2.75) is 6.92 Å². The zero-order valence-corrected chi connectivity index (χ0v) is 8.02. The molecule has 0 spiro atoms. The highest BCUT2D eigenvalue weighted by Crippen LogP contribution is 2.13. The van der Waals surface area contributed by atoms with Gasteiger partial charge in [-0.2, -0.15) is 0 Å². The Labute approximate surface area is 81.1 Å². The van der Waals surface area contributed by atoms with Gasteiger partial charge in [-0.15, -0.1) is 0 Å². The summed E-state index contributed by atoms with van der Waals surface area (Å²) in [5.74, 6) is 0. The third-order valence-electron chi connectivity index (χ3n) is 1.93. The smallest absolute Gasteiger partial charge is 0.250 e. The topological polar surface area (TPSA) is 63.5 Å². The van der Waals surface area contributed by atoms with E-state index in [1.807, 2.05) is 0 Å². The van der Waals surface area contributed by atoms with Crippen LogP contribution in [0.3, 0.4) is 0 Å². The van der Waals surface area contributed by atoms with Gasteiger partial charge in [0.1, 0.15) is 0 Å². The summed E-state index contributed by atoms with van der Waals surface area (Å²) in [6.07, 6.45) is 1.81. The number of hydrogen-bond acceptors (Lipinski definition) is 3. The van der Waals surface area contributed by atoms with Crippen LogP contribution in [0.25, 0.3) is 0 Å². The van der Waals surface area contributed by atoms with Crippen molar-refractivity contribution in [2.24, 2.45) is 12.0 Å². The van der Waals surface area contributed by atoms with Crippen LogP contribution < -0.4 is 10.9 Å². The number of aliphatic imine (C=N–C) groups is 1. The molecular weight excluding hydrogens is 182 g/mol. The number of aromatic nitrogens is 1. The van der Waals surface area contributed by atoms with E-state index in [9.17, 15) is 9.59 Å². The monoisotopic (exact) mass is 193 g/mol. The predicted octanol–water partition coefficient (Wildman–Crippen LogP) is 0.0995. The second-order valence-corrected chi connectivity index (χ2v) is 2.74. The fourth-order valence-electron chi connectivity index (χ4n) is 0.993. The molecule has 0 fully saturated rings. The molecule has 0 atom stereocenters. The number of pyridine rings is 1. The molecule has 0 aromatic carbocycles. The number of amides is 1. The number of hydrogen-bond donors (Lipinski definition) is 1. The Hall–Kier alpha value is -1.91. The van der Waals surface area contributed by atoms with Gasteiger partial charge in [0, 0.05) is 18.8 Å². The highest BCUT2D eigenvalue weighted by Gasteiger charge is 1.99. The van der Waals surface area contributed by atoms with Crippen LogP contribution in [0.1, 0.15) is 5.69 Å². The summed E-state index contributed by atoms with van der Waals surface area (Å²) in [4.78, 5) is 25.1. The van der Waals surface area contributed by atoms with Gasteiger partial charge in [0.25, 0.3) is 5.56 Å². The first-order valence-corrected chi connectivity index (χ1v) is 4.05. The standard InChI is InChI=1S/C9H11N3O2/c1-7-8(11-5-10-6-13)3-4-9(14)12(7)2/h3-6H,1-2H3,(H,10,11,13). The van der Waals surface area contributed by atoms with Crippen molar-refractivity contribution >= 4 is 18.4 Å². The van der Waals surface area contributed by atoms with E-state index in [0.29, 0.717) is 12.1 Å². The van der Waals surface area contributed by atoms with E-state index in [1.54, 1.807) is 20.0 Å². The molecule has 0 saturated heterocycles. The van der Waals surface area contributed by atoms with Crippen LogP contribution in [0.4, 0.5) is 5.69 Å². The predicted molar refractivity (Wildman–Crippen MR) is 53.8 cm³/mol. The average molecular weight is 193 g/mol. The zero-order valence-electron chi connectivity index (χ0n) is 8.02. The normalized spacial score (nSPS) is 10.4. The van der Waals surface area contributed by atoms with Gasteiger partial charge in [-0.1, -0.05) is 0 Å². The summed E-state index contributed by atoms with van der Waals surface area (Å²) in [5, 5.41) is 2.30. The molecule has 74 valence electrons. The Morgan fingerprint density at radius 1 is 1.50 bits per heavy atom. The van der Waals surface area contributed by atoms with E-state index in [0.717, 1.165) is 5.69 Å². The molecule has 1 aromatic rings. The maximum absolute atomic E-state index is 11.2. The Kier molecular flexibility index (Phi) is 3.17. The molecule has 5 heteroatoms. The molecule has 1 rings (SSSR count). The first-order valence-electron chi connectivity index (χ1n) is 4.05. The number of carbonyl (C=O) groups is 1. The number of rotatable bonds is 3. The van der Waals surface area contributed by atoms with Crippen LogP contribution in [0.2, 0.25) is 0 Å². The molecule has 1 amide bonds. The third kappa shape index (κ3) is 2.07. The van der Waals surface area contributed by atoms with Crippen LogP contribution >= 0.6 is 0 Å². The van der Waals surface area contributed by atoms with Crippen molar-refractivity contribution in [2.75, 3.05) is 0 Å². The summed E-state index contributed by atoms with van der Waals surface area (Å²) in [7, 11) is 1.67. The van der Waals surface area contributed by atoms with E-state index in [2.05, 4.69) is 10.3 Å². The molecule has 1 heterocycles. The molecule has 0 aliphatic rings. The summed E-state index contributed by atoms with van der Waals surface area (Å²) >= 11 is 0. The Morgan fingerprint density at radius 2 is 2.21 bits per heavy atom. The fourth-order valence-corrected chi connectivity index (χ4v) is 0.993. The fraction of sp³-hybridized carbons (Fsp3) is 0.222. The van der Waals surface area contributed by atoms with Crippen molar-refractivity contribution in [3.05, 3.63) is 28.2 Å². The molecule has 0 bridgehead atoms. The van der Waals surface area contributed by atoms with E-state index in [1.165, 1.54) is 17.0 Å². The first-order chi connectivity index (χ1) is 6.66. The quantitative estimate of drug-likeness (QED) is 0.420. The molecule has 0 aliphatic heterocycles. The van der Waals surface area contributed by atoms with Crippen molar-refractivity contribution in [3.63, 3.8) is 0 Å². The van der Waals surface area contributed by atoms with Gasteiger partial charge >= 0.3 is 0 Å². The maximum atomic E-state index is 11.2. The molecular formula is C9H11N3O2. The molecule has 1 aromatic heterocycles. The number of nitrogens with zero attached hydrogens (tertiary/aromatic N) is 2. The van der Waals surface area contributed by atoms with Gasteiger partial charge in [-0.05, 0) is 13.0 Å². The summed E-state index contributed by atoms with van der Waals surface area (Å²) in [6.45, 7) is 1.79. The van der Waals surface area contributed by atoms with Crippen molar-refractivity contribution < 1.29 is 4.79 Å². The molecule has 0 saturated carbocycles. The van der Waals surface area contributed by atoms with Crippen molar-refractivity contribution in [1.29, 1.82) is 0 Å². The highest BCUT2D eigenvalue weighted by molar-refractivity contribution is 5.74. The Bertz CT molecular complexity index is 421. The minimum atomic E-state index is -0.0789. The van der Waals surface area contributed by atoms with Crippen LogP contribution in [-0.4, -0.2) is 17.3 Å². The molecule has 14 heavy (non-hydrogen) atoms. The first kappa shape index (κ1) is 10.2. The van der Waals surface area contributed by atoms with Gasteiger partial charge in [-0.25, -0.2) is 4.99 Å². The van der Waals surface area contributed by atoms with Gasteiger partial charge in [0.05, 0.1) is 12.0 Å². The van der Waals surface area contributed by atoms with Crippen molar-refractivity contribution in [3.8, 4) is 0 Å². The lowest BCUT2D eigenvalue weighted by atomic mass is 10.3. The van der Waals surface area contributed by atoms with Gasteiger partial charge in [0.2, 0.25) is 6.41 Å². The molecule has 5 nitrogen and oxygen atoms in total. The largest absolute Gasteiger partial charge is 0.319 e. The average Bonchev–Trinajstić information content (AvgIpc) is 2.18. The second kappa shape index (κ2) is 4.36. The summed E-state index contributed by atoms with van der Waals surface area (Å²) in [6, 6.07) is 3.04. The van der Waals surface area contributed by atoms with Crippen LogP contribution in [0.15, 0.2) is 21.9 Å². The van der Waals surface area contributed by atoms with Crippen LogP contribution in [0, 0.1) is 6.92 Å². The lowest BCUT2D eigenvalue weighted by Crippen LogP contribution is -2.17. The molecule has 0 unspecified atom stereocenters.